The van der Waals surface area contributed by atoms with Gasteiger partial charge in [0.1, 0.15) is 0 Å². The fraction of sp³-hybridized carbons (Fsp3) is 0.286. The van der Waals surface area contributed by atoms with E-state index in [4.69, 9.17) is 5.11 Å². The molecule has 1 aromatic rings. The van der Waals surface area contributed by atoms with Crippen molar-refractivity contribution in [3.05, 3.63) is 25.3 Å². The molecule has 0 saturated heterocycles. The highest BCUT2D eigenvalue weighted by Gasteiger charge is 1.93. The number of hydrogen-bond acceptors (Lipinski definition) is 2. The van der Waals surface area contributed by atoms with Crippen LogP contribution in [0.1, 0.15) is 6.42 Å². The maximum Gasteiger partial charge on any atom is 0.0988 e. The number of nitrogens with zero attached hydrogens (tertiary/aromatic N) is 2. The van der Waals surface area contributed by atoms with E-state index in [2.05, 4.69) is 11.6 Å². The number of aliphatic hydroxyl groups excluding tert-OH is 1. The molecule has 0 aliphatic rings. The molecule has 1 N–H and O–H groups in total. The van der Waals surface area contributed by atoms with Gasteiger partial charge in [0.2, 0.25) is 0 Å². The number of imidazole rings is 1. The summed E-state index contributed by atoms with van der Waals surface area (Å²) in [7, 11) is 0. The molecule has 0 unspecified atom stereocenters. The molecule has 0 amide bonds. The average Bonchev–Trinajstić information content (AvgIpc) is 2.38. The highest BCUT2D eigenvalue weighted by molar-refractivity contribution is 5.85. The van der Waals surface area contributed by atoms with Crippen molar-refractivity contribution in [1.82, 2.24) is 9.55 Å². The minimum atomic E-state index is 0. The quantitative estimate of drug-likeness (QED) is 0.747. The van der Waals surface area contributed by atoms with Gasteiger partial charge in [0, 0.05) is 31.1 Å². The molecule has 0 saturated carbocycles. The Bertz CT molecular complexity index is 208. The maximum absolute atomic E-state index is 8.54. The Hall–Kier alpha value is -0.800. The minimum absolute atomic E-state index is 0. The normalized spacial score (nSPS) is 8.82. The molecule has 0 bridgehead atoms. The minimum Gasteiger partial charge on any atom is -0.396 e. The number of aromatic nitrogens is 2. The summed E-state index contributed by atoms with van der Waals surface area (Å²) in [5.41, 5.74) is 0.861. The van der Waals surface area contributed by atoms with Crippen molar-refractivity contribution in [1.29, 1.82) is 0 Å². The van der Waals surface area contributed by atoms with E-state index in [1.807, 2.05) is 0 Å². The summed E-state index contributed by atoms with van der Waals surface area (Å²) in [5, 5.41) is 8.54. The summed E-state index contributed by atoms with van der Waals surface area (Å²) < 4.78 is 1.79. The van der Waals surface area contributed by atoms with Gasteiger partial charge in [0.05, 0.1) is 6.33 Å². The summed E-state index contributed by atoms with van der Waals surface area (Å²) in [6, 6.07) is 0. The van der Waals surface area contributed by atoms with Crippen LogP contribution in [0, 0.1) is 0 Å². The van der Waals surface area contributed by atoms with Crippen LogP contribution in [0.15, 0.2) is 25.3 Å². The maximum atomic E-state index is 8.54. The fourth-order valence-electron chi connectivity index (χ4n) is 0.704. The third-order valence-electron chi connectivity index (χ3n) is 1.27. The van der Waals surface area contributed by atoms with Crippen LogP contribution < -0.4 is 0 Å². The van der Waals surface area contributed by atoms with Gasteiger partial charge >= 0.3 is 0 Å². The molecular weight excluding hydrogens is 164 g/mol. The van der Waals surface area contributed by atoms with Gasteiger partial charge in [-0.3, -0.25) is 0 Å². The summed E-state index contributed by atoms with van der Waals surface area (Å²) in [6.45, 7) is 3.89. The molecule has 62 valence electrons. The molecule has 1 rings (SSSR count). The molecule has 1 aromatic heterocycles. The van der Waals surface area contributed by atoms with Crippen molar-refractivity contribution in [2.24, 2.45) is 0 Å². The molecule has 11 heavy (non-hydrogen) atoms. The number of rotatable bonds is 3. The Morgan fingerprint density at radius 2 is 2.36 bits per heavy atom. The first-order chi connectivity index (χ1) is 4.84. The first-order valence-corrected chi connectivity index (χ1v) is 3.11. The zero-order chi connectivity index (χ0) is 7.40. The lowest BCUT2D eigenvalue weighted by Crippen LogP contribution is -1.94. The molecular formula is C7H11ClN2O. The van der Waals surface area contributed by atoms with Gasteiger partial charge in [0.25, 0.3) is 0 Å². The SMILES string of the molecule is C=C(CCO)n1ccnc1.Cl. The molecule has 0 aliphatic carbocycles. The topological polar surface area (TPSA) is 38.0 Å². The van der Waals surface area contributed by atoms with Crippen LogP contribution in [0.4, 0.5) is 0 Å². The summed E-state index contributed by atoms with van der Waals surface area (Å²) in [5.74, 6) is 0. The lowest BCUT2D eigenvalue weighted by atomic mass is 10.3. The van der Waals surface area contributed by atoms with E-state index in [9.17, 15) is 0 Å². The first kappa shape index (κ1) is 10.2. The monoisotopic (exact) mass is 174 g/mol. The Morgan fingerprint density at radius 1 is 1.64 bits per heavy atom. The van der Waals surface area contributed by atoms with Gasteiger partial charge in [-0.25, -0.2) is 4.98 Å². The second kappa shape index (κ2) is 4.93. The van der Waals surface area contributed by atoms with Crippen molar-refractivity contribution < 1.29 is 5.11 Å². The largest absolute Gasteiger partial charge is 0.396 e. The number of hydrogen-bond donors (Lipinski definition) is 1. The molecule has 0 aromatic carbocycles. The van der Waals surface area contributed by atoms with E-state index >= 15 is 0 Å². The third-order valence-corrected chi connectivity index (χ3v) is 1.27. The zero-order valence-electron chi connectivity index (χ0n) is 6.10. The highest BCUT2D eigenvalue weighted by atomic mass is 35.5. The van der Waals surface area contributed by atoms with Crippen LogP contribution in [0.5, 0.6) is 0 Å². The van der Waals surface area contributed by atoms with Crippen LogP contribution in [-0.2, 0) is 0 Å². The molecule has 3 nitrogen and oxygen atoms in total. The molecule has 0 spiro atoms. The molecule has 0 radical (unpaired) electrons. The summed E-state index contributed by atoms with van der Waals surface area (Å²) in [6.07, 6.45) is 5.74. The van der Waals surface area contributed by atoms with Crippen LogP contribution in [0.2, 0.25) is 0 Å². The second-order valence-electron chi connectivity index (χ2n) is 2.01. The van der Waals surface area contributed by atoms with Crippen molar-refractivity contribution in [3.63, 3.8) is 0 Å². The van der Waals surface area contributed by atoms with Crippen molar-refractivity contribution in [2.75, 3.05) is 6.61 Å². The van der Waals surface area contributed by atoms with E-state index in [0.29, 0.717) is 6.42 Å². The Labute approximate surface area is 71.8 Å². The molecule has 1 heterocycles. The Morgan fingerprint density at radius 3 is 2.82 bits per heavy atom. The van der Waals surface area contributed by atoms with Crippen molar-refractivity contribution in [2.45, 2.75) is 6.42 Å². The average molecular weight is 175 g/mol. The third kappa shape index (κ3) is 2.74. The van der Waals surface area contributed by atoms with Gasteiger partial charge in [0.15, 0.2) is 0 Å². The lowest BCUT2D eigenvalue weighted by Gasteiger charge is -2.01. The molecule has 0 atom stereocenters. The van der Waals surface area contributed by atoms with Gasteiger partial charge in [-0.15, -0.1) is 12.4 Å². The summed E-state index contributed by atoms with van der Waals surface area (Å²) >= 11 is 0. The van der Waals surface area contributed by atoms with Crippen LogP contribution in [0.3, 0.4) is 0 Å². The predicted molar refractivity (Wildman–Crippen MR) is 46.5 cm³/mol. The standard InChI is InChI=1S/C7H10N2O.ClH/c1-7(2-5-10)9-4-3-8-6-9;/h3-4,6,10H,1-2,5H2;1H. The predicted octanol–water partition coefficient (Wildman–Crippen LogP) is 1.16. The number of aliphatic hydroxyl groups is 1. The van der Waals surface area contributed by atoms with E-state index in [1.165, 1.54) is 0 Å². The van der Waals surface area contributed by atoms with E-state index in [0.717, 1.165) is 5.70 Å². The molecule has 0 aliphatic heterocycles. The lowest BCUT2D eigenvalue weighted by molar-refractivity contribution is 0.303. The molecule has 4 heteroatoms. The van der Waals surface area contributed by atoms with Gasteiger partial charge < -0.3 is 9.67 Å². The summed E-state index contributed by atoms with van der Waals surface area (Å²) in [4.78, 5) is 3.85. The van der Waals surface area contributed by atoms with Crippen molar-refractivity contribution in [3.8, 4) is 0 Å². The van der Waals surface area contributed by atoms with Crippen LogP contribution >= 0.6 is 12.4 Å². The Kier molecular flexibility index (Phi) is 4.57. The highest BCUT2D eigenvalue weighted by Crippen LogP contribution is 2.03. The van der Waals surface area contributed by atoms with E-state index in [1.54, 1.807) is 23.3 Å². The van der Waals surface area contributed by atoms with E-state index in [-0.39, 0.29) is 19.0 Å². The first-order valence-electron chi connectivity index (χ1n) is 3.11. The van der Waals surface area contributed by atoms with Gasteiger partial charge in [-0.2, -0.15) is 0 Å². The van der Waals surface area contributed by atoms with Gasteiger partial charge in [-0.1, -0.05) is 6.58 Å². The second-order valence-corrected chi connectivity index (χ2v) is 2.01. The number of halogens is 1. The smallest absolute Gasteiger partial charge is 0.0988 e. The Balaban J connectivity index is 0.000001000. The van der Waals surface area contributed by atoms with Crippen LogP contribution in [-0.4, -0.2) is 21.3 Å². The van der Waals surface area contributed by atoms with E-state index < -0.39 is 0 Å². The van der Waals surface area contributed by atoms with Gasteiger partial charge in [-0.05, 0) is 0 Å². The molecule has 0 fully saturated rings. The van der Waals surface area contributed by atoms with Crippen molar-refractivity contribution >= 4 is 18.1 Å². The van der Waals surface area contributed by atoms with Crippen LogP contribution in [0.25, 0.3) is 5.70 Å². The zero-order valence-corrected chi connectivity index (χ0v) is 6.92. The fourth-order valence-corrected chi connectivity index (χ4v) is 0.704.